The quantitative estimate of drug-likeness (QED) is 0.907. The number of nitrogens with one attached hydrogen (secondary N) is 1. The van der Waals surface area contributed by atoms with Crippen LogP contribution in [0.2, 0.25) is 0 Å². The van der Waals surface area contributed by atoms with E-state index in [1.807, 2.05) is 23.1 Å². The minimum absolute atomic E-state index is 0.124. The highest BCUT2D eigenvalue weighted by Gasteiger charge is 2.72. The number of carbonyl (C=O) groups excluding carboxylic acids is 2. The van der Waals surface area contributed by atoms with Crippen LogP contribution in [0.5, 0.6) is 0 Å². The maximum absolute atomic E-state index is 13.5. The third-order valence-electron chi connectivity index (χ3n) is 7.12. The van der Waals surface area contributed by atoms with E-state index in [1.165, 1.54) is 12.8 Å². The second-order valence-electron chi connectivity index (χ2n) is 8.07. The Kier molecular flexibility index (Phi) is 2.92. The Bertz CT molecular complexity index is 703. The van der Waals surface area contributed by atoms with Gasteiger partial charge >= 0.3 is 0 Å². The third kappa shape index (κ3) is 1.59. The SMILES string of the molecule is O=C1N2CCC[C@]23C(=O)N[C@@]1(Cc1ccccc1)[C@@H]1CCCC[C@@H]13. The molecule has 5 fully saturated rings. The lowest BCUT2D eigenvalue weighted by Gasteiger charge is -2.64. The monoisotopic (exact) mass is 324 g/mol. The van der Waals surface area contributed by atoms with E-state index in [0.717, 1.165) is 37.8 Å². The molecule has 4 saturated heterocycles. The summed E-state index contributed by atoms with van der Waals surface area (Å²) >= 11 is 0. The van der Waals surface area contributed by atoms with E-state index in [2.05, 4.69) is 17.4 Å². The number of benzene rings is 1. The van der Waals surface area contributed by atoms with Crippen molar-refractivity contribution in [3.63, 3.8) is 0 Å². The first kappa shape index (κ1) is 14.5. The Morgan fingerprint density at radius 3 is 2.58 bits per heavy atom. The lowest BCUT2D eigenvalue weighted by molar-refractivity contribution is -0.188. The van der Waals surface area contributed by atoms with Gasteiger partial charge in [0.15, 0.2) is 0 Å². The maximum Gasteiger partial charge on any atom is 0.249 e. The second-order valence-corrected chi connectivity index (χ2v) is 8.07. The number of piperazine rings is 1. The van der Waals surface area contributed by atoms with Crippen molar-refractivity contribution in [3.8, 4) is 0 Å². The molecule has 2 bridgehead atoms. The molecule has 4 heterocycles. The minimum atomic E-state index is -0.713. The van der Waals surface area contributed by atoms with Crippen molar-refractivity contribution in [2.24, 2.45) is 11.8 Å². The van der Waals surface area contributed by atoms with Crippen LogP contribution < -0.4 is 5.32 Å². The highest BCUT2D eigenvalue weighted by Crippen LogP contribution is 2.57. The van der Waals surface area contributed by atoms with Gasteiger partial charge in [-0.25, -0.2) is 0 Å². The number of fused-ring (bicyclic) bond motifs is 1. The molecule has 1 aromatic carbocycles. The average molecular weight is 324 g/mol. The zero-order chi connectivity index (χ0) is 16.4. The summed E-state index contributed by atoms with van der Waals surface area (Å²) in [4.78, 5) is 28.6. The van der Waals surface area contributed by atoms with Crippen molar-refractivity contribution in [1.29, 1.82) is 0 Å². The molecule has 1 N–H and O–H groups in total. The molecular formula is C20H24N2O2. The molecule has 4 atom stereocenters. The minimum Gasteiger partial charge on any atom is -0.339 e. The van der Waals surface area contributed by atoms with Crippen LogP contribution in [0.1, 0.15) is 44.1 Å². The smallest absolute Gasteiger partial charge is 0.249 e. The lowest BCUT2D eigenvalue weighted by Crippen LogP contribution is -2.85. The fourth-order valence-electron chi connectivity index (χ4n) is 6.23. The summed E-state index contributed by atoms with van der Waals surface area (Å²) in [5.74, 6) is 0.959. The summed E-state index contributed by atoms with van der Waals surface area (Å²) in [6, 6.07) is 10.2. The topological polar surface area (TPSA) is 49.4 Å². The number of hydrogen-bond acceptors (Lipinski definition) is 2. The van der Waals surface area contributed by atoms with E-state index in [0.29, 0.717) is 18.3 Å². The molecule has 4 nitrogen and oxygen atoms in total. The molecule has 6 rings (SSSR count). The number of hydrogen-bond donors (Lipinski definition) is 1. The summed E-state index contributed by atoms with van der Waals surface area (Å²) < 4.78 is 0. The Morgan fingerprint density at radius 1 is 1.04 bits per heavy atom. The molecule has 4 heteroatoms. The van der Waals surface area contributed by atoms with Gasteiger partial charge in [-0.15, -0.1) is 0 Å². The van der Waals surface area contributed by atoms with Crippen LogP contribution in [-0.4, -0.2) is 34.3 Å². The fraction of sp³-hybridized carbons (Fsp3) is 0.600. The van der Waals surface area contributed by atoms with E-state index in [1.54, 1.807) is 0 Å². The summed E-state index contributed by atoms with van der Waals surface area (Å²) in [7, 11) is 0. The van der Waals surface area contributed by atoms with Gasteiger partial charge in [-0.1, -0.05) is 43.2 Å². The molecule has 0 unspecified atom stereocenters. The molecule has 1 aromatic rings. The Balaban J connectivity index is 1.65. The molecule has 0 radical (unpaired) electrons. The van der Waals surface area contributed by atoms with Crippen molar-refractivity contribution in [2.45, 2.75) is 56.0 Å². The zero-order valence-corrected chi connectivity index (χ0v) is 14.0. The highest BCUT2D eigenvalue weighted by molar-refractivity contribution is 6.05. The van der Waals surface area contributed by atoms with Gasteiger partial charge in [-0.2, -0.15) is 0 Å². The molecule has 0 aromatic heterocycles. The summed E-state index contributed by atoms with van der Waals surface area (Å²) in [5.41, 5.74) is -0.0972. The van der Waals surface area contributed by atoms with Gasteiger partial charge in [-0.3, -0.25) is 9.59 Å². The van der Waals surface area contributed by atoms with Crippen LogP contribution in [0.15, 0.2) is 30.3 Å². The van der Waals surface area contributed by atoms with Gasteiger partial charge in [0, 0.05) is 13.0 Å². The van der Waals surface area contributed by atoms with Gasteiger partial charge in [-0.05, 0) is 43.1 Å². The molecule has 1 spiro atoms. The Labute approximate surface area is 142 Å². The first-order chi connectivity index (χ1) is 11.7. The van der Waals surface area contributed by atoms with Crippen molar-refractivity contribution in [3.05, 3.63) is 35.9 Å². The van der Waals surface area contributed by atoms with E-state index >= 15 is 0 Å². The number of nitrogens with zero attached hydrogens (tertiary/aromatic N) is 1. The first-order valence-electron chi connectivity index (χ1n) is 9.37. The van der Waals surface area contributed by atoms with E-state index in [4.69, 9.17) is 0 Å². The fourth-order valence-corrected chi connectivity index (χ4v) is 6.23. The number of carbonyl (C=O) groups is 2. The summed E-state index contributed by atoms with van der Waals surface area (Å²) in [6.07, 6.45) is 6.98. The van der Waals surface area contributed by atoms with Gasteiger partial charge < -0.3 is 10.2 Å². The Hall–Kier alpha value is -1.84. The van der Waals surface area contributed by atoms with Gasteiger partial charge in [0.2, 0.25) is 11.8 Å². The molecule has 5 aliphatic rings. The van der Waals surface area contributed by atoms with Crippen molar-refractivity contribution in [1.82, 2.24) is 10.2 Å². The van der Waals surface area contributed by atoms with Gasteiger partial charge in [0.1, 0.15) is 11.1 Å². The molecule has 126 valence electrons. The average Bonchev–Trinajstić information content (AvgIpc) is 3.06. The molecule has 24 heavy (non-hydrogen) atoms. The highest BCUT2D eigenvalue weighted by atomic mass is 16.2. The molecule has 2 amide bonds. The van der Waals surface area contributed by atoms with Crippen LogP contribution >= 0.6 is 0 Å². The van der Waals surface area contributed by atoms with E-state index < -0.39 is 11.1 Å². The predicted octanol–water partition coefficient (Wildman–Crippen LogP) is 2.28. The maximum atomic E-state index is 13.5. The molecule has 1 saturated carbocycles. The van der Waals surface area contributed by atoms with Gasteiger partial charge in [0.05, 0.1) is 0 Å². The van der Waals surface area contributed by atoms with E-state index in [-0.39, 0.29) is 11.8 Å². The molecule has 1 aliphatic carbocycles. The standard InChI is InChI=1S/C20H24N2O2/c23-17-20-11-6-12-22(20)18(24)19(21-17,13-14-7-2-1-3-8-14)15-9-4-5-10-16(15)20/h1-3,7-8,15-16H,4-6,9-13H2,(H,21,23)/t15-,16+,19+,20+/m1/s1. The number of rotatable bonds is 2. The predicted molar refractivity (Wildman–Crippen MR) is 90.1 cm³/mol. The largest absolute Gasteiger partial charge is 0.339 e. The van der Waals surface area contributed by atoms with Gasteiger partial charge in [0.25, 0.3) is 0 Å². The number of piperidine rings is 2. The zero-order valence-electron chi connectivity index (χ0n) is 14.0. The molecular weight excluding hydrogens is 300 g/mol. The summed E-state index contributed by atoms with van der Waals surface area (Å²) in [5, 5.41) is 3.26. The summed E-state index contributed by atoms with van der Waals surface area (Å²) in [6.45, 7) is 0.756. The van der Waals surface area contributed by atoms with Crippen molar-refractivity contribution in [2.75, 3.05) is 6.54 Å². The normalized spacial score (nSPS) is 40.2. The number of amides is 2. The van der Waals surface area contributed by atoms with Crippen LogP contribution in [0, 0.1) is 11.8 Å². The third-order valence-corrected chi connectivity index (χ3v) is 7.12. The van der Waals surface area contributed by atoms with E-state index in [9.17, 15) is 9.59 Å². The van der Waals surface area contributed by atoms with Crippen LogP contribution in [0.4, 0.5) is 0 Å². The molecule has 4 aliphatic heterocycles. The lowest BCUT2D eigenvalue weighted by atomic mass is 9.53. The van der Waals surface area contributed by atoms with Crippen LogP contribution in [-0.2, 0) is 16.0 Å². The van der Waals surface area contributed by atoms with Crippen molar-refractivity contribution < 1.29 is 9.59 Å². The first-order valence-corrected chi connectivity index (χ1v) is 9.37. The Morgan fingerprint density at radius 2 is 1.79 bits per heavy atom. The van der Waals surface area contributed by atoms with Crippen LogP contribution in [0.3, 0.4) is 0 Å². The van der Waals surface area contributed by atoms with Crippen LogP contribution in [0.25, 0.3) is 0 Å². The van der Waals surface area contributed by atoms with Crippen molar-refractivity contribution >= 4 is 11.8 Å². The second kappa shape index (κ2) is 4.84.